The molecule has 74 valence electrons. The van der Waals surface area contributed by atoms with Crippen molar-refractivity contribution in [1.82, 2.24) is 0 Å². The lowest BCUT2D eigenvalue weighted by atomic mass is 10.1. The lowest BCUT2D eigenvalue weighted by Gasteiger charge is -2.21. The lowest BCUT2D eigenvalue weighted by molar-refractivity contribution is -0.0647. The highest BCUT2D eigenvalue weighted by molar-refractivity contribution is 4.67. The summed E-state index contributed by atoms with van der Waals surface area (Å²) in [6, 6.07) is 0. The van der Waals surface area contributed by atoms with Crippen molar-refractivity contribution in [3.05, 3.63) is 0 Å². The monoisotopic (exact) mass is 176 g/mol. The molecule has 3 nitrogen and oxygen atoms in total. The first-order chi connectivity index (χ1) is 5.76. The van der Waals surface area contributed by atoms with E-state index in [0.29, 0.717) is 13.2 Å². The molecule has 0 heterocycles. The summed E-state index contributed by atoms with van der Waals surface area (Å²) in [6.45, 7) is 5.00. The van der Waals surface area contributed by atoms with E-state index >= 15 is 0 Å². The molecule has 0 aromatic rings. The second-order valence-corrected chi connectivity index (χ2v) is 2.81. The molecule has 12 heavy (non-hydrogen) atoms. The summed E-state index contributed by atoms with van der Waals surface area (Å²) in [6.07, 6.45) is 1.35. The van der Waals surface area contributed by atoms with Crippen molar-refractivity contribution in [2.75, 3.05) is 20.3 Å². The molecule has 0 aliphatic carbocycles. The van der Waals surface area contributed by atoms with E-state index in [9.17, 15) is 5.11 Å². The van der Waals surface area contributed by atoms with Gasteiger partial charge in [-0.1, -0.05) is 13.3 Å². The zero-order valence-electron chi connectivity index (χ0n) is 8.25. The summed E-state index contributed by atoms with van der Waals surface area (Å²) in [5.41, 5.74) is 0. The van der Waals surface area contributed by atoms with E-state index in [1.165, 1.54) is 0 Å². The molecule has 0 fully saturated rings. The van der Waals surface area contributed by atoms with Crippen LogP contribution < -0.4 is 0 Å². The van der Waals surface area contributed by atoms with Crippen molar-refractivity contribution in [1.29, 1.82) is 0 Å². The fourth-order valence-corrected chi connectivity index (χ4v) is 1.16. The normalized spacial score (nSPS) is 16.0. The third-order valence-corrected chi connectivity index (χ3v) is 1.72. The van der Waals surface area contributed by atoms with Gasteiger partial charge in [0.25, 0.3) is 0 Å². The number of aliphatic hydroxyl groups excluding tert-OH is 1. The maximum absolute atomic E-state index is 9.52. The van der Waals surface area contributed by atoms with E-state index in [-0.39, 0.29) is 6.10 Å². The van der Waals surface area contributed by atoms with Gasteiger partial charge in [-0.15, -0.1) is 0 Å². The molecule has 0 aromatic carbocycles. The Labute approximate surface area is 74.7 Å². The summed E-state index contributed by atoms with van der Waals surface area (Å²) >= 11 is 0. The zero-order chi connectivity index (χ0) is 9.40. The van der Waals surface area contributed by atoms with Crippen molar-refractivity contribution in [3.8, 4) is 0 Å². The van der Waals surface area contributed by atoms with Crippen LogP contribution in [-0.4, -0.2) is 37.6 Å². The van der Waals surface area contributed by atoms with Gasteiger partial charge in [0.1, 0.15) is 6.10 Å². The van der Waals surface area contributed by atoms with Crippen LogP contribution in [0.25, 0.3) is 0 Å². The van der Waals surface area contributed by atoms with Crippen molar-refractivity contribution in [2.24, 2.45) is 0 Å². The smallest absolute Gasteiger partial charge is 0.103 e. The Bertz CT molecular complexity index is 89.8. The van der Waals surface area contributed by atoms with Crippen LogP contribution in [0.5, 0.6) is 0 Å². The van der Waals surface area contributed by atoms with Gasteiger partial charge in [-0.25, -0.2) is 0 Å². The zero-order valence-corrected chi connectivity index (χ0v) is 8.25. The van der Waals surface area contributed by atoms with Gasteiger partial charge in [-0.3, -0.25) is 0 Å². The molecule has 0 aromatic heterocycles. The summed E-state index contributed by atoms with van der Waals surface area (Å²) in [5.74, 6) is 0. The van der Waals surface area contributed by atoms with Gasteiger partial charge in [-0.05, 0) is 13.3 Å². The van der Waals surface area contributed by atoms with Crippen LogP contribution in [0.2, 0.25) is 0 Å². The molecule has 2 atom stereocenters. The minimum atomic E-state index is -0.491. The van der Waals surface area contributed by atoms with Crippen molar-refractivity contribution in [3.63, 3.8) is 0 Å². The number of aliphatic hydroxyl groups is 1. The molecule has 2 unspecified atom stereocenters. The largest absolute Gasteiger partial charge is 0.388 e. The number of hydrogen-bond acceptors (Lipinski definition) is 3. The van der Waals surface area contributed by atoms with Gasteiger partial charge in [-0.2, -0.15) is 0 Å². The molecule has 0 spiro atoms. The van der Waals surface area contributed by atoms with Gasteiger partial charge in [0, 0.05) is 13.7 Å². The van der Waals surface area contributed by atoms with Crippen molar-refractivity contribution < 1.29 is 14.6 Å². The topological polar surface area (TPSA) is 38.7 Å². The summed E-state index contributed by atoms with van der Waals surface area (Å²) in [4.78, 5) is 0. The summed E-state index contributed by atoms with van der Waals surface area (Å²) in [7, 11) is 1.58. The third-order valence-electron chi connectivity index (χ3n) is 1.72. The summed E-state index contributed by atoms with van der Waals surface area (Å²) in [5, 5.41) is 9.52. The fourth-order valence-electron chi connectivity index (χ4n) is 1.16. The Morgan fingerprint density at radius 1 is 1.33 bits per heavy atom. The van der Waals surface area contributed by atoms with Crippen LogP contribution in [0.4, 0.5) is 0 Å². The molecule has 0 amide bonds. The molecular formula is C9H20O3. The molecule has 0 saturated heterocycles. The maximum atomic E-state index is 9.52. The van der Waals surface area contributed by atoms with E-state index in [4.69, 9.17) is 9.47 Å². The highest BCUT2D eigenvalue weighted by atomic mass is 16.5. The number of ether oxygens (including phenoxy) is 2. The van der Waals surface area contributed by atoms with E-state index < -0.39 is 6.10 Å². The van der Waals surface area contributed by atoms with Crippen LogP contribution >= 0.6 is 0 Å². The van der Waals surface area contributed by atoms with Crippen molar-refractivity contribution >= 4 is 0 Å². The van der Waals surface area contributed by atoms with Gasteiger partial charge in [0.05, 0.1) is 12.7 Å². The molecule has 0 aliphatic rings. The van der Waals surface area contributed by atoms with E-state index in [2.05, 4.69) is 6.92 Å². The minimum Gasteiger partial charge on any atom is -0.388 e. The highest BCUT2D eigenvalue weighted by Crippen LogP contribution is 2.07. The predicted octanol–water partition coefficient (Wildman–Crippen LogP) is 1.20. The van der Waals surface area contributed by atoms with Crippen LogP contribution in [-0.2, 0) is 9.47 Å². The first-order valence-electron chi connectivity index (χ1n) is 4.54. The molecule has 3 heteroatoms. The lowest BCUT2D eigenvalue weighted by Crippen LogP contribution is -2.32. The van der Waals surface area contributed by atoms with Crippen molar-refractivity contribution in [2.45, 2.75) is 38.9 Å². The molecule has 0 bridgehead atoms. The molecule has 0 radical (unpaired) electrons. The fraction of sp³-hybridized carbons (Fsp3) is 1.00. The Balaban J connectivity index is 3.72. The molecule has 0 saturated carbocycles. The van der Waals surface area contributed by atoms with Crippen LogP contribution in [0.15, 0.2) is 0 Å². The Morgan fingerprint density at radius 2 is 2.00 bits per heavy atom. The summed E-state index contributed by atoms with van der Waals surface area (Å²) < 4.78 is 10.2. The van der Waals surface area contributed by atoms with E-state index in [1.54, 1.807) is 7.11 Å². The quantitative estimate of drug-likeness (QED) is 0.633. The number of rotatable bonds is 7. The average Bonchev–Trinajstić information content (AvgIpc) is 2.04. The first-order valence-corrected chi connectivity index (χ1v) is 4.54. The second-order valence-electron chi connectivity index (χ2n) is 2.81. The second kappa shape index (κ2) is 7.53. The van der Waals surface area contributed by atoms with Crippen LogP contribution in [0, 0.1) is 0 Å². The van der Waals surface area contributed by atoms with Crippen LogP contribution in [0.1, 0.15) is 26.7 Å². The number of hydrogen-bond donors (Lipinski definition) is 1. The Hall–Kier alpha value is -0.120. The van der Waals surface area contributed by atoms with Gasteiger partial charge in [0.15, 0.2) is 0 Å². The molecule has 0 rings (SSSR count). The number of methoxy groups -OCH3 is 1. The average molecular weight is 176 g/mol. The molecular weight excluding hydrogens is 156 g/mol. The van der Waals surface area contributed by atoms with E-state index in [0.717, 1.165) is 12.8 Å². The highest BCUT2D eigenvalue weighted by Gasteiger charge is 2.17. The molecule has 1 N–H and O–H groups in total. The Kier molecular flexibility index (Phi) is 7.45. The first kappa shape index (κ1) is 11.9. The van der Waals surface area contributed by atoms with Crippen LogP contribution in [0.3, 0.4) is 0 Å². The maximum Gasteiger partial charge on any atom is 0.103 e. The standard InChI is InChI=1S/C9H20O3/c1-4-6-9(12-5-2)8(10)7-11-3/h8-10H,4-7H2,1-3H3. The Morgan fingerprint density at radius 3 is 2.42 bits per heavy atom. The van der Waals surface area contributed by atoms with Gasteiger partial charge in [0.2, 0.25) is 0 Å². The SMILES string of the molecule is CCCC(OCC)C(O)COC. The van der Waals surface area contributed by atoms with Gasteiger partial charge >= 0.3 is 0 Å². The van der Waals surface area contributed by atoms with Gasteiger partial charge < -0.3 is 14.6 Å². The van der Waals surface area contributed by atoms with E-state index in [1.807, 2.05) is 6.92 Å². The minimum absolute atomic E-state index is 0.0695. The predicted molar refractivity (Wildman–Crippen MR) is 48.2 cm³/mol. The third kappa shape index (κ3) is 4.70. The molecule has 0 aliphatic heterocycles.